The molecule has 0 spiro atoms. The van der Waals surface area contributed by atoms with Crippen molar-refractivity contribution in [3.05, 3.63) is 30.0 Å². The van der Waals surface area contributed by atoms with Gasteiger partial charge >= 0.3 is 5.97 Å². The molecule has 1 aromatic heterocycles. The molecule has 0 aliphatic rings. The smallest absolute Gasteiger partial charge is 0.320 e. The van der Waals surface area contributed by atoms with E-state index in [4.69, 9.17) is 10.8 Å². The number of amides is 1. The van der Waals surface area contributed by atoms with Gasteiger partial charge in [-0.2, -0.15) is 0 Å². The maximum atomic E-state index is 11.1. The number of benzene rings is 1. The summed E-state index contributed by atoms with van der Waals surface area (Å²) >= 11 is 0. The van der Waals surface area contributed by atoms with Gasteiger partial charge in [-0.15, -0.1) is 0 Å². The number of rotatable bonds is 8. The van der Waals surface area contributed by atoms with Crippen LogP contribution in [0.15, 0.2) is 24.4 Å². The van der Waals surface area contributed by atoms with Gasteiger partial charge in [0.25, 0.3) is 0 Å². The van der Waals surface area contributed by atoms with E-state index < -0.39 is 17.9 Å². The molecule has 0 aliphatic heterocycles. The number of carbonyl (C=O) groups is 2. The first-order chi connectivity index (χ1) is 10.5. The largest absolute Gasteiger partial charge is 0.508 e. The summed E-state index contributed by atoms with van der Waals surface area (Å²) in [5.41, 5.74) is 6.93. The number of aromatic amines is 1. The number of carboxylic acid groups (broad SMARTS) is 1. The number of aromatic hydroxyl groups is 1. The lowest BCUT2D eigenvalue weighted by molar-refractivity contribution is -0.139. The average Bonchev–Trinajstić information content (AvgIpc) is 2.84. The van der Waals surface area contributed by atoms with Gasteiger partial charge in [0.05, 0.1) is 0 Å². The minimum absolute atomic E-state index is 0.0327. The molecule has 0 fully saturated rings. The topological polar surface area (TPSA) is 128 Å². The van der Waals surface area contributed by atoms with Crippen LogP contribution in [0.5, 0.6) is 5.75 Å². The van der Waals surface area contributed by atoms with Crippen LogP contribution in [0.2, 0.25) is 0 Å². The molecule has 0 aliphatic carbocycles. The highest BCUT2D eigenvalue weighted by Gasteiger charge is 2.17. The van der Waals surface area contributed by atoms with Crippen LogP contribution in [0, 0.1) is 0 Å². The number of fused-ring (bicyclic) bond motifs is 1. The summed E-state index contributed by atoms with van der Waals surface area (Å²) < 4.78 is 0. The van der Waals surface area contributed by atoms with E-state index in [0.717, 1.165) is 16.5 Å². The van der Waals surface area contributed by atoms with Crippen molar-refractivity contribution in [2.45, 2.75) is 25.3 Å². The molecule has 0 radical (unpaired) electrons. The van der Waals surface area contributed by atoms with Gasteiger partial charge in [0.2, 0.25) is 5.91 Å². The van der Waals surface area contributed by atoms with Crippen LogP contribution >= 0.6 is 0 Å². The van der Waals surface area contributed by atoms with Crippen LogP contribution < -0.4 is 11.1 Å². The highest BCUT2D eigenvalue weighted by Crippen LogP contribution is 2.23. The molecular weight excluding hydrogens is 286 g/mol. The summed E-state index contributed by atoms with van der Waals surface area (Å²) in [5.74, 6) is -1.33. The number of aliphatic carboxylic acids is 1. The lowest BCUT2D eigenvalue weighted by Crippen LogP contribution is -2.38. The molecule has 1 amide bonds. The Bertz CT molecular complexity index is 680. The lowest BCUT2D eigenvalue weighted by atomic mass is 10.1. The molecule has 7 nitrogen and oxygen atoms in total. The number of phenols is 1. The van der Waals surface area contributed by atoms with Crippen LogP contribution in [-0.2, 0) is 16.0 Å². The molecule has 2 rings (SSSR count). The molecule has 1 heterocycles. The van der Waals surface area contributed by atoms with Gasteiger partial charge in [-0.1, -0.05) is 0 Å². The number of nitrogens with one attached hydrogen (secondary N) is 2. The fourth-order valence-corrected chi connectivity index (χ4v) is 2.35. The first kappa shape index (κ1) is 15.8. The monoisotopic (exact) mass is 305 g/mol. The molecule has 0 saturated carbocycles. The third kappa shape index (κ3) is 3.98. The second-order valence-corrected chi connectivity index (χ2v) is 5.14. The van der Waals surface area contributed by atoms with E-state index in [9.17, 15) is 14.7 Å². The Morgan fingerprint density at radius 3 is 2.82 bits per heavy atom. The zero-order valence-corrected chi connectivity index (χ0v) is 12.0. The van der Waals surface area contributed by atoms with E-state index in [2.05, 4.69) is 10.3 Å². The van der Waals surface area contributed by atoms with E-state index >= 15 is 0 Å². The second kappa shape index (κ2) is 6.95. The summed E-state index contributed by atoms with van der Waals surface area (Å²) in [7, 11) is 0. The quantitative estimate of drug-likeness (QED) is 0.491. The van der Waals surface area contributed by atoms with Crippen molar-refractivity contribution in [1.82, 2.24) is 10.3 Å². The Morgan fingerprint density at radius 1 is 1.36 bits per heavy atom. The van der Waals surface area contributed by atoms with Crippen molar-refractivity contribution in [1.29, 1.82) is 0 Å². The Labute approximate surface area is 127 Å². The standard InChI is InChI=1S/C15H19N3O4/c16-14(20)4-3-13(15(21)22)17-6-5-9-8-18-12-2-1-10(19)7-11(9)12/h1-2,7-8,13,17-19H,3-6H2,(H2,16,20)(H,21,22)/t13-/m0/s1. The van der Waals surface area contributed by atoms with Crippen LogP contribution in [0.3, 0.4) is 0 Å². The maximum absolute atomic E-state index is 11.1. The van der Waals surface area contributed by atoms with Gasteiger partial charge in [0, 0.05) is 30.1 Å². The summed E-state index contributed by atoms with van der Waals surface area (Å²) in [6.07, 6.45) is 2.64. The van der Waals surface area contributed by atoms with Crippen molar-refractivity contribution in [2.75, 3.05) is 6.54 Å². The van der Waals surface area contributed by atoms with Gasteiger partial charge in [-0.3, -0.25) is 9.59 Å². The third-order valence-corrected chi connectivity index (χ3v) is 3.51. The van der Waals surface area contributed by atoms with Gasteiger partial charge in [0.1, 0.15) is 11.8 Å². The Balaban J connectivity index is 1.94. The molecular formula is C15H19N3O4. The predicted molar refractivity (Wildman–Crippen MR) is 81.5 cm³/mol. The molecule has 6 N–H and O–H groups in total. The predicted octanol–water partition coefficient (Wildman–Crippen LogP) is 0.724. The molecule has 1 aromatic carbocycles. The number of carbonyl (C=O) groups excluding carboxylic acids is 1. The van der Waals surface area contributed by atoms with Crippen molar-refractivity contribution < 1.29 is 19.8 Å². The first-order valence-corrected chi connectivity index (χ1v) is 7.01. The van der Waals surface area contributed by atoms with E-state index in [1.165, 1.54) is 0 Å². The number of nitrogens with two attached hydrogens (primary N) is 1. The van der Waals surface area contributed by atoms with Crippen molar-refractivity contribution in [3.63, 3.8) is 0 Å². The van der Waals surface area contributed by atoms with Gasteiger partial charge in [-0.05, 0) is 36.6 Å². The fourth-order valence-electron chi connectivity index (χ4n) is 2.35. The normalized spacial score (nSPS) is 12.4. The number of hydrogen-bond donors (Lipinski definition) is 5. The summed E-state index contributed by atoms with van der Waals surface area (Å²) in [6.45, 7) is 0.443. The number of H-pyrrole nitrogens is 1. The van der Waals surface area contributed by atoms with Crippen molar-refractivity contribution in [3.8, 4) is 5.75 Å². The van der Waals surface area contributed by atoms with E-state index in [1.54, 1.807) is 18.2 Å². The molecule has 2 aromatic rings. The molecule has 1 atom stereocenters. The second-order valence-electron chi connectivity index (χ2n) is 5.14. The van der Waals surface area contributed by atoms with Crippen LogP contribution in [0.25, 0.3) is 10.9 Å². The molecule has 22 heavy (non-hydrogen) atoms. The summed E-state index contributed by atoms with van der Waals surface area (Å²) in [5, 5.41) is 22.4. The summed E-state index contributed by atoms with van der Waals surface area (Å²) in [4.78, 5) is 24.9. The molecule has 0 unspecified atom stereocenters. The minimum atomic E-state index is -1.00. The van der Waals surface area contributed by atoms with Gasteiger partial charge in [-0.25, -0.2) is 0 Å². The highest BCUT2D eigenvalue weighted by molar-refractivity contribution is 5.84. The van der Waals surface area contributed by atoms with E-state index in [0.29, 0.717) is 13.0 Å². The number of hydrogen-bond acceptors (Lipinski definition) is 4. The fraction of sp³-hybridized carbons (Fsp3) is 0.333. The zero-order chi connectivity index (χ0) is 16.1. The number of carboxylic acids is 1. The maximum Gasteiger partial charge on any atom is 0.320 e. The van der Waals surface area contributed by atoms with Crippen molar-refractivity contribution in [2.24, 2.45) is 5.73 Å². The molecule has 118 valence electrons. The van der Waals surface area contributed by atoms with E-state index in [-0.39, 0.29) is 18.6 Å². The van der Waals surface area contributed by atoms with Gasteiger partial charge in [0.15, 0.2) is 0 Å². The Hall–Kier alpha value is -2.54. The van der Waals surface area contributed by atoms with Crippen LogP contribution in [0.4, 0.5) is 0 Å². The number of primary amides is 1. The lowest BCUT2D eigenvalue weighted by Gasteiger charge is -2.13. The first-order valence-electron chi connectivity index (χ1n) is 7.01. The highest BCUT2D eigenvalue weighted by atomic mass is 16.4. The average molecular weight is 305 g/mol. The minimum Gasteiger partial charge on any atom is -0.508 e. The van der Waals surface area contributed by atoms with Crippen LogP contribution in [0.1, 0.15) is 18.4 Å². The number of phenolic OH excluding ortho intramolecular Hbond substituents is 1. The molecule has 0 saturated heterocycles. The SMILES string of the molecule is NC(=O)CC[C@H](NCCc1c[nH]c2ccc(O)cc12)C(=O)O. The van der Waals surface area contributed by atoms with E-state index in [1.807, 2.05) is 6.20 Å². The summed E-state index contributed by atoms with van der Waals surface area (Å²) in [6, 6.07) is 4.26. The molecule has 0 bridgehead atoms. The van der Waals surface area contributed by atoms with Crippen molar-refractivity contribution >= 4 is 22.8 Å². The molecule has 7 heteroatoms. The van der Waals surface area contributed by atoms with Crippen LogP contribution in [-0.4, -0.2) is 39.7 Å². The third-order valence-electron chi connectivity index (χ3n) is 3.51. The number of aromatic nitrogens is 1. The zero-order valence-electron chi connectivity index (χ0n) is 12.0. The Kier molecular flexibility index (Phi) is 5.00. The van der Waals surface area contributed by atoms with Gasteiger partial charge < -0.3 is 26.2 Å². The Morgan fingerprint density at radius 2 is 2.14 bits per heavy atom.